The molecule has 1 heterocycles. The largest absolute Gasteiger partial charge is 0.377 e. The Bertz CT molecular complexity index is 538. The molecule has 0 aliphatic rings. The van der Waals surface area contributed by atoms with Gasteiger partial charge in [0.15, 0.2) is 0 Å². The smallest absolute Gasteiger partial charge is 0.150 e. The zero-order valence-electron chi connectivity index (χ0n) is 10.6. The first-order valence-corrected chi connectivity index (χ1v) is 6.12. The topological polar surface area (TPSA) is 38.0 Å². The van der Waals surface area contributed by atoms with E-state index in [1.165, 1.54) is 6.07 Å². The number of nitrogens with zero attached hydrogens (tertiary/aromatic N) is 2. The average molecular weight is 248 g/mol. The Hall–Kier alpha value is -1.68. The minimum absolute atomic E-state index is 0.272. The molecule has 1 N–H and O–H groups in total. The third-order valence-electron chi connectivity index (χ3n) is 3.26. The molecule has 0 amide bonds. The Morgan fingerprint density at radius 2 is 2.06 bits per heavy atom. The summed E-state index contributed by atoms with van der Waals surface area (Å²) in [6.45, 7) is 4.47. The Labute approximate surface area is 106 Å². The lowest BCUT2D eigenvalue weighted by Crippen LogP contribution is -2.31. The summed E-state index contributed by atoms with van der Waals surface area (Å²) < 4.78 is 15.7. The van der Waals surface area contributed by atoms with Crippen LogP contribution in [0, 0.1) is 5.82 Å². The minimum atomic E-state index is -1.38. The highest BCUT2D eigenvalue weighted by Crippen LogP contribution is 2.33. The molecule has 0 saturated heterocycles. The van der Waals surface area contributed by atoms with Crippen molar-refractivity contribution in [3.63, 3.8) is 0 Å². The van der Waals surface area contributed by atoms with E-state index in [-0.39, 0.29) is 5.56 Å². The summed E-state index contributed by atoms with van der Waals surface area (Å²) in [5.41, 5.74) is -1.11. The van der Waals surface area contributed by atoms with Gasteiger partial charge >= 0.3 is 0 Å². The van der Waals surface area contributed by atoms with E-state index >= 15 is 0 Å². The monoisotopic (exact) mass is 248 g/mol. The van der Waals surface area contributed by atoms with Crippen LogP contribution in [0.2, 0.25) is 0 Å². The van der Waals surface area contributed by atoms with Crippen LogP contribution in [0.15, 0.2) is 36.7 Å². The van der Waals surface area contributed by atoms with Gasteiger partial charge in [-0.1, -0.05) is 25.1 Å². The van der Waals surface area contributed by atoms with Crippen LogP contribution in [0.3, 0.4) is 0 Å². The van der Waals surface area contributed by atoms with Crippen molar-refractivity contribution < 1.29 is 9.50 Å². The predicted octanol–water partition coefficient (Wildman–Crippen LogP) is 2.69. The number of hydrogen-bond acceptors (Lipinski definition) is 2. The molecule has 1 unspecified atom stereocenters. The summed E-state index contributed by atoms with van der Waals surface area (Å²) in [4.78, 5) is 4.19. The molecule has 2 rings (SSSR count). The summed E-state index contributed by atoms with van der Waals surface area (Å²) in [6, 6.07) is 6.29. The second-order valence-corrected chi connectivity index (χ2v) is 4.23. The summed E-state index contributed by atoms with van der Waals surface area (Å²) >= 11 is 0. The summed E-state index contributed by atoms with van der Waals surface area (Å²) in [5.74, 6) is 0.0742. The number of imidazole rings is 1. The van der Waals surface area contributed by atoms with E-state index in [1.54, 1.807) is 30.6 Å². The highest BCUT2D eigenvalue weighted by molar-refractivity contribution is 5.31. The quantitative estimate of drug-likeness (QED) is 0.903. The van der Waals surface area contributed by atoms with E-state index < -0.39 is 11.4 Å². The number of aliphatic hydroxyl groups is 1. The molecule has 0 fully saturated rings. The normalized spacial score (nSPS) is 14.4. The van der Waals surface area contributed by atoms with Gasteiger partial charge in [0, 0.05) is 24.5 Å². The van der Waals surface area contributed by atoms with Gasteiger partial charge in [-0.25, -0.2) is 9.37 Å². The van der Waals surface area contributed by atoms with E-state index in [9.17, 15) is 9.50 Å². The van der Waals surface area contributed by atoms with Gasteiger partial charge in [-0.3, -0.25) is 0 Å². The van der Waals surface area contributed by atoms with E-state index in [1.807, 2.05) is 18.4 Å². The lowest BCUT2D eigenvalue weighted by molar-refractivity contribution is 0.0594. The zero-order valence-corrected chi connectivity index (χ0v) is 10.6. The SMILES string of the molecule is CCn1ccnc1C(O)(CC)c1ccccc1F. The van der Waals surface area contributed by atoms with E-state index in [0.717, 1.165) is 0 Å². The van der Waals surface area contributed by atoms with Crippen LogP contribution in [-0.4, -0.2) is 14.7 Å². The highest BCUT2D eigenvalue weighted by Gasteiger charge is 2.35. The maximum absolute atomic E-state index is 13.9. The molecule has 1 aromatic heterocycles. The lowest BCUT2D eigenvalue weighted by atomic mass is 9.89. The van der Waals surface area contributed by atoms with Gasteiger partial charge in [-0.05, 0) is 19.4 Å². The molecule has 18 heavy (non-hydrogen) atoms. The number of aryl methyl sites for hydroxylation is 1. The first kappa shape index (κ1) is 12.8. The zero-order chi connectivity index (χ0) is 13.2. The van der Waals surface area contributed by atoms with Crippen LogP contribution < -0.4 is 0 Å². The number of benzene rings is 1. The van der Waals surface area contributed by atoms with Gasteiger partial charge < -0.3 is 9.67 Å². The average Bonchev–Trinajstić information content (AvgIpc) is 2.87. The number of aromatic nitrogens is 2. The van der Waals surface area contributed by atoms with Crippen molar-refractivity contribution in [1.29, 1.82) is 0 Å². The molecular weight excluding hydrogens is 231 g/mol. The predicted molar refractivity (Wildman–Crippen MR) is 67.6 cm³/mol. The molecule has 0 saturated carbocycles. The van der Waals surface area contributed by atoms with Crippen molar-refractivity contribution in [3.8, 4) is 0 Å². The molecule has 0 spiro atoms. The van der Waals surface area contributed by atoms with E-state index in [0.29, 0.717) is 18.8 Å². The van der Waals surface area contributed by atoms with Crippen molar-refractivity contribution >= 4 is 0 Å². The number of rotatable bonds is 4. The third kappa shape index (κ3) is 1.93. The van der Waals surface area contributed by atoms with Crippen molar-refractivity contribution in [1.82, 2.24) is 9.55 Å². The molecule has 96 valence electrons. The van der Waals surface area contributed by atoms with Crippen LogP contribution in [-0.2, 0) is 12.1 Å². The standard InChI is InChI=1S/C14H17FN2O/c1-3-14(18,11-7-5-6-8-12(11)15)13-16-9-10-17(13)4-2/h5-10,18H,3-4H2,1-2H3. The van der Waals surface area contributed by atoms with Gasteiger partial charge in [-0.2, -0.15) is 0 Å². The summed E-state index contributed by atoms with van der Waals surface area (Å²) in [7, 11) is 0. The molecule has 2 aromatic rings. The fraction of sp³-hybridized carbons (Fsp3) is 0.357. The second kappa shape index (κ2) is 4.90. The van der Waals surface area contributed by atoms with Gasteiger partial charge in [0.2, 0.25) is 0 Å². The fourth-order valence-corrected chi connectivity index (χ4v) is 2.19. The van der Waals surface area contributed by atoms with Gasteiger partial charge in [-0.15, -0.1) is 0 Å². The maximum Gasteiger partial charge on any atom is 0.150 e. The van der Waals surface area contributed by atoms with Crippen LogP contribution in [0.5, 0.6) is 0 Å². The van der Waals surface area contributed by atoms with Crippen LogP contribution in [0.1, 0.15) is 31.7 Å². The van der Waals surface area contributed by atoms with Gasteiger partial charge in [0.05, 0.1) is 0 Å². The minimum Gasteiger partial charge on any atom is -0.377 e. The van der Waals surface area contributed by atoms with Crippen molar-refractivity contribution in [2.75, 3.05) is 0 Å². The first-order chi connectivity index (χ1) is 8.63. The second-order valence-electron chi connectivity index (χ2n) is 4.23. The summed E-state index contributed by atoms with van der Waals surface area (Å²) in [5, 5.41) is 10.8. The molecular formula is C14H17FN2O. The van der Waals surface area contributed by atoms with Crippen molar-refractivity contribution in [3.05, 3.63) is 53.9 Å². The highest BCUT2D eigenvalue weighted by atomic mass is 19.1. The maximum atomic E-state index is 13.9. The molecule has 0 aliphatic heterocycles. The molecule has 4 heteroatoms. The van der Waals surface area contributed by atoms with E-state index in [4.69, 9.17) is 0 Å². The van der Waals surface area contributed by atoms with Crippen LogP contribution in [0.4, 0.5) is 4.39 Å². The third-order valence-corrected chi connectivity index (χ3v) is 3.26. The Balaban J connectivity index is 2.59. The molecule has 0 aliphatic carbocycles. The molecule has 3 nitrogen and oxygen atoms in total. The van der Waals surface area contributed by atoms with Crippen molar-refractivity contribution in [2.24, 2.45) is 0 Å². The lowest BCUT2D eigenvalue weighted by Gasteiger charge is -2.27. The van der Waals surface area contributed by atoms with E-state index in [2.05, 4.69) is 4.98 Å². The molecule has 0 radical (unpaired) electrons. The first-order valence-electron chi connectivity index (χ1n) is 6.12. The number of halogens is 1. The molecule has 1 aromatic carbocycles. The number of hydrogen-bond donors (Lipinski definition) is 1. The molecule has 1 atom stereocenters. The van der Waals surface area contributed by atoms with Crippen LogP contribution >= 0.6 is 0 Å². The Kier molecular flexibility index (Phi) is 3.48. The van der Waals surface area contributed by atoms with Gasteiger partial charge in [0.1, 0.15) is 17.2 Å². The summed E-state index contributed by atoms with van der Waals surface area (Å²) in [6.07, 6.45) is 3.78. The Morgan fingerprint density at radius 1 is 1.33 bits per heavy atom. The fourth-order valence-electron chi connectivity index (χ4n) is 2.19. The van der Waals surface area contributed by atoms with Crippen LogP contribution in [0.25, 0.3) is 0 Å². The molecule has 0 bridgehead atoms. The van der Waals surface area contributed by atoms with Gasteiger partial charge in [0.25, 0.3) is 0 Å². The Morgan fingerprint density at radius 3 is 2.67 bits per heavy atom. The van der Waals surface area contributed by atoms with Crippen molar-refractivity contribution in [2.45, 2.75) is 32.4 Å².